The molecule has 2 aromatic carbocycles. The maximum Gasteiger partial charge on any atom is 0.270 e. The fourth-order valence-corrected chi connectivity index (χ4v) is 3.94. The van der Waals surface area contributed by atoms with Gasteiger partial charge in [0.2, 0.25) is 0 Å². The fourth-order valence-electron chi connectivity index (χ4n) is 2.66. The van der Waals surface area contributed by atoms with Gasteiger partial charge in [0.25, 0.3) is 5.91 Å². The van der Waals surface area contributed by atoms with Crippen molar-refractivity contribution >= 4 is 46.0 Å². The lowest BCUT2D eigenvalue weighted by molar-refractivity contribution is -0.113. The summed E-state index contributed by atoms with van der Waals surface area (Å²) in [5, 5.41) is 8.54. The van der Waals surface area contributed by atoms with Crippen LogP contribution in [0.2, 0.25) is 0 Å². The number of anilines is 1. The lowest BCUT2D eigenvalue weighted by atomic mass is 10.1. The van der Waals surface area contributed by atoms with Gasteiger partial charge in [-0.1, -0.05) is 53.8 Å². The van der Waals surface area contributed by atoms with Gasteiger partial charge < -0.3 is 4.74 Å². The van der Waals surface area contributed by atoms with Crippen LogP contribution in [0.3, 0.4) is 0 Å². The number of carbonyl (C=O) groups is 1. The molecule has 0 aliphatic carbocycles. The normalized spacial score (nSPS) is 15.4. The van der Waals surface area contributed by atoms with Gasteiger partial charge in [-0.15, -0.1) is 0 Å². The van der Waals surface area contributed by atoms with Crippen molar-refractivity contribution in [2.75, 3.05) is 11.5 Å². The summed E-state index contributed by atoms with van der Waals surface area (Å²) in [6, 6.07) is 15.1. The number of nitriles is 1. The summed E-state index contributed by atoms with van der Waals surface area (Å²) in [4.78, 5) is 15.0. The van der Waals surface area contributed by atoms with Gasteiger partial charge in [-0.25, -0.2) is 0 Å². The highest BCUT2D eigenvalue weighted by Gasteiger charge is 2.33. The predicted molar refractivity (Wildman–Crippen MR) is 109 cm³/mol. The molecule has 2 aromatic rings. The summed E-state index contributed by atoms with van der Waals surface area (Å²) < 4.78 is 5.76. The average molecular weight is 380 g/mol. The summed E-state index contributed by atoms with van der Waals surface area (Å²) in [7, 11) is 0. The molecule has 130 valence electrons. The molecule has 1 aliphatic rings. The van der Waals surface area contributed by atoms with E-state index in [0.29, 0.717) is 15.0 Å². The van der Waals surface area contributed by atoms with Gasteiger partial charge in [-0.2, -0.15) is 5.26 Å². The van der Waals surface area contributed by atoms with Crippen molar-refractivity contribution in [3.8, 4) is 11.8 Å². The quantitative estimate of drug-likeness (QED) is 0.573. The number of thiocarbonyl (C=S) groups is 1. The number of nitrogens with zero attached hydrogens (tertiary/aromatic N) is 2. The lowest BCUT2D eigenvalue weighted by Gasteiger charge is -2.17. The number of benzene rings is 2. The first-order valence-electron chi connectivity index (χ1n) is 7.94. The number of amides is 1. The SMILES string of the molecule is Cc1ccc(N2C(=O)/C(=C\c3ccc(OCC#N)cc3)SC2=S)c(C)c1. The van der Waals surface area contributed by atoms with Crippen molar-refractivity contribution in [2.45, 2.75) is 13.8 Å². The van der Waals surface area contributed by atoms with Crippen LogP contribution in [0.4, 0.5) is 5.69 Å². The van der Waals surface area contributed by atoms with Crippen molar-refractivity contribution in [3.63, 3.8) is 0 Å². The largest absolute Gasteiger partial charge is 0.479 e. The lowest BCUT2D eigenvalue weighted by Crippen LogP contribution is -2.28. The molecular formula is C20H16N2O2S2. The number of ether oxygens (including phenoxy) is 1. The van der Waals surface area contributed by atoms with E-state index in [1.165, 1.54) is 11.8 Å². The molecule has 0 atom stereocenters. The van der Waals surface area contributed by atoms with Crippen LogP contribution < -0.4 is 9.64 Å². The third-order valence-corrected chi connectivity index (χ3v) is 5.17. The Morgan fingerprint density at radius 2 is 1.96 bits per heavy atom. The second-order valence-corrected chi connectivity index (χ2v) is 7.50. The molecule has 1 fully saturated rings. The predicted octanol–water partition coefficient (Wildman–Crippen LogP) is 4.61. The minimum absolute atomic E-state index is 0.00784. The molecular weight excluding hydrogens is 364 g/mol. The molecule has 0 spiro atoms. The molecule has 1 aliphatic heterocycles. The second kappa shape index (κ2) is 7.73. The molecule has 6 heteroatoms. The summed E-state index contributed by atoms with van der Waals surface area (Å²) in [5.74, 6) is 0.503. The van der Waals surface area contributed by atoms with Crippen LogP contribution in [0.25, 0.3) is 6.08 Å². The van der Waals surface area contributed by atoms with Crippen molar-refractivity contribution in [2.24, 2.45) is 0 Å². The van der Waals surface area contributed by atoms with E-state index in [1.807, 2.05) is 56.3 Å². The van der Waals surface area contributed by atoms with E-state index >= 15 is 0 Å². The first-order chi connectivity index (χ1) is 12.5. The van der Waals surface area contributed by atoms with Crippen molar-refractivity contribution in [1.29, 1.82) is 5.26 Å². The maximum atomic E-state index is 12.9. The number of hydrogen-bond donors (Lipinski definition) is 0. The molecule has 26 heavy (non-hydrogen) atoms. The van der Waals surface area contributed by atoms with Gasteiger partial charge in [0.15, 0.2) is 10.9 Å². The number of thioether (sulfide) groups is 1. The molecule has 0 radical (unpaired) electrons. The van der Waals surface area contributed by atoms with Gasteiger partial charge in [0, 0.05) is 0 Å². The van der Waals surface area contributed by atoms with E-state index in [9.17, 15) is 4.79 Å². The summed E-state index contributed by atoms with van der Waals surface area (Å²) >= 11 is 6.73. The molecule has 4 nitrogen and oxygen atoms in total. The second-order valence-electron chi connectivity index (χ2n) is 5.82. The summed E-state index contributed by atoms with van der Waals surface area (Å²) in [5.41, 5.74) is 3.85. The summed E-state index contributed by atoms with van der Waals surface area (Å²) in [6.07, 6.45) is 1.82. The fraction of sp³-hybridized carbons (Fsp3) is 0.150. The third kappa shape index (κ3) is 3.79. The Labute approximate surface area is 162 Å². The number of aryl methyl sites for hydroxylation is 2. The topological polar surface area (TPSA) is 53.3 Å². The van der Waals surface area contributed by atoms with E-state index in [4.69, 9.17) is 22.2 Å². The molecule has 1 saturated heterocycles. The van der Waals surface area contributed by atoms with E-state index in [1.54, 1.807) is 17.0 Å². The zero-order valence-corrected chi connectivity index (χ0v) is 16.0. The van der Waals surface area contributed by atoms with Crippen LogP contribution in [0.1, 0.15) is 16.7 Å². The molecule has 1 amide bonds. The van der Waals surface area contributed by atoms with Crippen LogP contribution >= 0.6 is 24.0 Å². The summed E-state index contributed by atoms with van der Waals surface area (Å²) in [6.45, 7) is 4.00. The van der Waals surface area contributed by atoms with Gasteiger partial charge in [0.05, 0.1) is 10.6 Å². The number of hydrogen-bond acceptors (Lipinski definition) is 5. The molecule has 0 N–H and O–H groups in total. The van der Waals surface area contributed by atoms with Gasteiger partial charge in [-0.05, 0) is 49.2 Å². The smallest absolute Gasteiger partial charge is 0.270 e. The minimum Gasteiger partial charge on any atom is -0.479 e. The molecule has 0 aromatic heterocycles. The van der Waals surface area contributed by atoms with Crippen molar-refractivity contribution < 1.29 is 9.53 Å². The van der Waals surface area contributed by atoms with E-state index in [2.05, 4.69) is 0 Å². The highest BCUT2D eigenvalue weighted by atomic mass is 32.2. The average Bonchev–Trinajstić information content (AvgIpc) is 2.88. The Hall–Kier alpha value is -2.62. The van der Waals surface area contributed by atoms with E-state index < -0.39 is 0 Å². The van der Waals surface area contributed by atoms with E-state index in [0.717, 1.165) is 22.4 Å². The van der Waals surface area contributed by atoms with Gasteiger partial charge >= 0.3 is 0 Å². The van der Waals surface area contributed by atoms with Crippen LogP contribution in [-0.4, -0.2) is 16.8 Å². The Morgan fingerprint density at radius 3 is 2.62 bits per heavy atom. The molecule has 3 rings (SSSR count). The molecule has 0 bridgehead atoms. The van der Waals surface area contributed by atoms with Gasteiger partial charge in [-0.3, -0.25) is 9.69 Å². The highest BCUT2D eigenvalue weighted by Crippen LogP contribution is 2.37. The van der Waals surface area contributed by atoms with E-state index in [-0.39, 0.29) is 12.5 Å². The standard InChI is InChI=1S/C20H16N2O2S2/c1-13-3-8-17(14(2)11-13)22-19(23)18(26-20(22)25)12-15-4-6-16(7-5-15)24-10-9-21/h3-8,11-12H,10H2,1-2H3/b18-12+. The first-order valence-corrected chi connectivity index (χ1v) is 9.17. The van der Waals surface area contributed by atoms with Gasteiger partial charge in [0.1, 0.15) is 11.8 Å². The molecule has 0 saturated carbocycles. The first kappa shape index (κ1) is 18.2. The van der Waals surface area contributed by atoms with Crippen LogP contribution in [0, 0.1) is 25.2 Å². The Bertz CT molecular complexity index is 943. The Kier molecular flexibility index (Phi) is 5.40. The maximum absolute atomic E-state index is 12.9. The van der Waals surface area contributed by atoms with Crippen LogP contribution in [0.15, 0.2) is 47.4 Å². The monoisotopic (exact) mass is 380 g/mol. The Balaban J connectivity index is 1.84. The van der Waals surface area contributed by atoms with Crippen LogP contribution in [-0.2, 0) is 4.79 Å². The zero-order chi connectivity index (χ0) is 18.7. The third-order valence-electron chi connectivity index (χ3n) is 3.87. The number of carbonyl (C=O) groups excluding carboxylic acids is 1. The van der Waals surface area contributed by atoms with Crippen LogP contribution in [0.5, 0.6) is 5.75 Å². The Morgan fingerprint density at radius 1 is 1.23 bits per heavy atom. The number of rotatable bonds is 4. The molecule has 0 unspecified atom stereocenters. The van der Waals surface area contributed by atoms with Crippen molar-refractivity contribution in [3.05, 3.63) is 64.1 Å². The molecule has 1 heterocycles. The zero-order valence-electron chi connectivity index (χ0n) is 14.4. The minimum atomic E-state index is -0.114. The van der Waals surface area contributed by atoms with Crippen molar-refractivity contribution in [1.82, 2.24) is 0 Å². The highest BCUT2D eigenvalue weighted by molar-refractivity contribution is 8.27.